The molecule has 25 heavy (non-hydrogen) atoms. The third-order valence-electron chi connectivity index (χ3n) is 3.85. The van der Waals surface area contributed by atoms with Gasteiger partial charge in [-0.05, 0) is 0 Å². The van der Waals surface area contributed by atoms with Crippen LogP contribution in [0.5, 0.6) is 11.5 Å². The Kier molecular flexibility index (Phi) is 5.00. The number of rotatable bonds is 5. The second-order valence-electron chi connectivity index (χ2n) is 5.40. The van der Waals surface area contributed by atoms with E-state index in [9.17, 15) is 9.59 Å². The number of fused-ring (bicyclic) bond motifs is 1. The zero-order valence-electron chi connectivity index (χ0n) is 13.5. The largest absolute Gasteiger partial charge is 0.486 e. The fourth-order valence-corrected chi connectivity index (χ4v) is 2.84. The van der Waals surface area contributed by atoms with Crippen LogP contribution in [0.2, 0.25) is 5.02 Å². The predicted molar refractivity (Wildman–Crippen MR) is 88.8 cm³/mol. The maximum atomic E-state index is 12.5. The zero-order chi connectivity index (χ0) is 18.0. The molecule has 0 atom stereocenters. The molecule has 2 heterocycles. The SMILES string of the molecule is COC(=O)C1=C(Nc2cc3c(cc2Cl)OCCO3)C(=O)N(CCO)C1. The fraction of sp³-hybridized carbons (Fsp3) is 0.375. The number of aliphatic hydroxyl groups is 1. The minimum absolute atomic E-state index is 0.0522. The molecule has 0 radical (unpaired) electrons. The van der Waals surface area contributed by atoms with Crippen LogP contribution < -0.4 is 14.8 Å². The van der Waals surface area contributed by atoms with Crippen molar-refractivity contribution < 1.29 is 28.9 Å². The number of halogens is 1. The summed E-state index contributed by atoms with van der Waals surface area (Å²) in [7, 11) is 1.24. The van der Waals surface area contributed by atoms with E-state index in [1.54, 1.807) is 12.1 Å². The van der Waals surface area contributed by atoms with E-state index in [1.807, 2.05) is 0 Å². The first kappa shape index (κ1) is 17.4. The molecule has 2 aliphatic rings. The Hall–Kier alpha value is -2.45. The lowest BCUT2D eigenvalue weighted by molar-refractivity contribution is -0.136. The van der Waals surface area contributed by atoms with Crippen molar-refractivity contribution in [3.63, 3.8) is 0 Å². The predicted octanol–water partition coefficient (Wildman–Crippen LogP) is 0.785. The number of nitrogens with zero attached hydrogens (tertiary/aromatic N) is 1. The average Bonchev–Trinajstić information content (AvgIpc) is 2.91. The molecule has 8 nitrogen and oxygen atoms in total. The number of ether oxygens (including phenoxy) is 3. The molecule has 0 fully saturated rings. The minimum Gasteiger partial charge on any atom is -0.486 e. The minimum atomic E-state index is -0.620. The Bertz CT molecular complexity index is 748. The van der Waals surface area contributed by atoms with Crippen molar-refractivity contribution in [1.82, 2.24) is 4.90 Å². The summed E-state index contributed by atoms with van der Waals surface area (Å²) in [4.78, 5) is 25.9. The maximum absolute atomic E-state index is 12.5. The van der Waals surface area contributed by atoms with Gasteiger partial charge in [-0.2, -0.15) is 0 Å². The van der Waals surface area contributed by atoms with Gasteiger partial charge in [-0.15, -0.1) is 0 Å². The van der Waals surface area contributed by atoms with Crippen LogP contribution in [0.25, 0.3) is 0 Å². The lowest BCUT2D eigenvalue weighted by Gasteiger charge is -2.20. The van der Waals surface area contributed by atoms with E-state index in [4.69, 9.17) is 30.9 Å². The third kappa shape index (κ3) is 3.35. The molecular weight excluding hydrogens is 352 g/mol. The molecule has 3 rings (SSSR count). The molecule has 0 aromatic heterocycles. The van der Waals surface area contributed by atoms with E-state index < -0.39 is 11.9 Å². The number of β-amino-alcohol motifs (C(OH)–C–C–N with tert-alkyl or cyclic N) is 1. The maximum Gasteiger partial charge on any atom is 0.337 e. The van der Waals surface area contributed by atoms with Crippen molar-refractivity contribution in [1.29, 1.82) is 0 Å². The topological polar surface area (TPSA) is 97.3 Å². The van der Waals surface area contributed by atoms with Crippen molar-refractivity contribution >= 4 is 29.2 Å². The van der Waals surface area contributed by atoms with Gasteiger partial charge in [-0.3, -0.25) is 4.79 Å². The van der Waals surface area contributed by atoms with E-state index in [1.165, 1.54) is 12.0 Å². The second kappa shape index (κ2) is 7.20. The molecule has 0 bridgehead atoms. The first-order chi connectivity index (χ1) is 12.0. The Morgan fingerprint density at radius 1 is 1.36 bits per heavy atom. The summed E-state index contributed by atoms with van der Waals surface area (Å²) < 4.78 is 15.7. The van der Waals surface area contributed by atoms with Crippen molar-refractivity contribution in [2.24, 2.45) is 0 Å². The number of esters is 1. The molecule has 134 valence electrons. The van der Waals surface area contributed by atoms with Crippen molar-refractivity contribution in [2.75, 3.05) is 45.3 Å². The number of amides is 1. The molecule has 0 spiro atoms. The number of nitrogens with one attached hydrogen (secondary N) is 1. The van der Waals surface area contributed by atoms with Crippen LogP contribution in [0.1, 0.15) is 0 Å². The molecule has 0 saturated carbocycles. The number of hydrogen-bond donors (Lipinski definition) is 2. The first-order valence-electron chi connectivity index (χ1n) is 7.63. The number of carbonyl (C=O) groups excluding carboxylic acids is 2. The molecular formula is C16H17ClN2O6. The van der Waals surface area contributed by atoms with Gasteiger partial charge >= 0.3 is 5.97 Å². The zero-order valence-corrected chi connectivity index (χ0v) is 14.3. The van der Waals surface area contributed by atoms with Gasteiger partial charge in [0.25, 0.3) is 5.91 Å². The van der Waals surface area contributed by atoms with Gasteiger partial charge in [0.2, 0.25) is 0 Å². The number of aliphatic hydroxyl groups excluding tert-OH is 1. The molecule has 2 N–H and O–H groups in total. The van der Waals surface area contributed by atoms with Gasteiger partial charge < -0.3 is 29.5 Å². The summed E-state index contributed by atoms with van der Waals surface area (Å²) in [5, 5.41) is 12.3. The molecule has 1 aromatic rings. The van der Waals surface area contributed by atoms with Crippen molar-refractivity contribution in [2.45, 2.75) is 0 Å². The van der Waals surface area contributed by atoms with E-state index in [2.05, 4.69) is 5.32 Å². The van der Waals surface area contributed by atoms with Gasteiger partial charge in [0.1, 0.15) is 18.9 Å². The highest BCUT2D eigenvalue weighted by Gasteiger charge is 2.35. The summed E-state index contributed by atoms with van der Waals surface area (Å²) in [5.74, 6) is -0.0231. The van der Waals surface area contributed by atoms with Crippen LogP contribution in [-0.2, 0) is 14.3 Å². The highest BCUT2D eigenvalue weighted by Crippen LogP contribution is 2.39. The Labute approximate surface area is 148 Å². The number of carbonyl (C=O) groups is 2. The lowest BCUT2D eigenvalue weighted by Crippen LogP contribution is -2.31. The average molecular weight is 369 g/mol. The quantitative estimate of drug-likeness (QED) is 0.741. The van der Waals surface area contributed by atoms with Crippen molar-refractivity contribution in [3.05, 3.63) is 28.4 Å². The number of benzene rings is 1. The second-order valence-corrected chi connectivity index (χ2v) is 5.80. The summed E-state index contributed by atoms with van der Waals surface area (Å²) in [6, 6.07) is 3.20. The van der Waals surface area contributed by atoms with Crippen LogP contribution in [0.4, 0.5) is 5.69 Å². The highest BCUT2D eigenvalue weighted by molar-refractivity contribution is 6.33. The molecule has 0 unspecified atom stereocenters. The van der Waals surface area contributed by atoms with Crippen LogP contribution >= 0.6 is 11.6 Å². The number of hydrogen-bond acceptors (Lipinski definition) is 7. The van der Waals surface area contributed by atoms with Gasteiger partial charge in [-0.25, -0.2) is 4.79 Å². The molecule has 2 aliphatic heterocycles. The normalized spacial score (nSPS) is 16.3. The molecule has 1 aromatic carbocycles. The monoisotopic (exact) mass is 368 g/mol. The van der Waals surface area contributed by atoms with E-state index in [-0.39, 0.29) is 31.0 Å². The highest BCUT2D eigenvalue weighted by atomic mass is 35.5. The van der Waals surface area contributed by atoms with E-state index >= 15 is 0 Å². The summed E-state index contributed by atoms with van der Waals surface area (Å²) in [6.45, 7) is 0.796. The number of methoxy groups -OCH3 is 1. The lowest BCUT2D eigenvalue weighted by atomic mass is 10.2. The smallest absolute Gasteiger partial charge is 0.337 e. The Morgan fingerprint density at radius 3 is 2.68 bits per heavy atom. The van der Waals surface area contributed by atoms with Gasteiger partial charge in [0.05, 0.1) is 36.5 Å². The van der Waals surface area contributed by atoms with Gasteiger partial charge in [0, 0.05) is 18.7 Å². The summed E-state index contributed by atoms with van der Waals surface area (Å²) in [6.07, 6.45) is 0. The van der Waals surface area contributed by atoms with Crippen LogP contribution in [0.3, 0.4) is 0 Å². The van der Waals surface area contributed by atoms with Gasteiger partial charge in [-0.1, -0.05) is 11.6 Å². The summed E-state index contributed by atoms with van der Waals surface area (Å²) in [5.41, 5.74) is 0.646. The first-order valence-corrected chi connectivity index (χ1v) is 8.00. The van der Waals surface area contributed by atoms with Crippen LogP contribution in [0, 0.1) is 0 Å². The molecule has 0 aliphatic carbocycles. The fourth-order valence-electron chi connectivity index (χ4n) is 2.64. The summed E-state index contributed by atoms with van der Waals surface area (Å²) >= 11 is 6.24. The van der Waals surface area contributed by atoms with E-state index in [0.717, 1.165) is 0 Å². The Balaban J connectivity index is 1.93. The third-order valence-corrected chi connectivity index (χ3v) is 4.16. The standard InChI is InChI=1S/C16H17ClN2O6/c1-23-16(22)9-8-19(2-3-20)15(21)14(9)18-11-7-13-12(6-10(11)17)24-4-5-25-13/h6-7,18,20H,2-5,8H2,1H3. The van der Waals surface area contributed by atoms with Crippen LogP contribution in [-0.4, -0.2) is 61.9 Å². The number of anilines is 1. The Morgan fingerprint density at radius 2 is 2.04 bits per heavy atom. The molecule has 1 amide bonds. The van der Waals surface area contributed by atoms with Gasteiger partial charge in [0.15, 0.2) is 11.5 Å². The van der Waals surface area contributed by atoms with Crippen LogP contribution in [0.15, 0.2) is 23.4 Å². The molecule has 0 saturated heterocycles. The molecule has 9 heteroatoms. The van der Waals surface area contributed by atoms with Crippen molar-refractivity contribution in [3.8, 4) is 11.5 Å². The van der Waals surface area contributed by atoms with E-state index in [0.29, 0.717) is 35.4 Å².